The fraction of sp³-hybridized carbons (Fsp3) is 0. The number of guanidine groups is 1. The largest absolute Gasteiger partial charge is 0.370 e. The van der Waals surface area contributed by atoms with Crippen LogP contribution < -0.4 is 16.7 Å². The van der Waals surface area contributed by atoms with E-state index in [-0.39, 0.29) is 5.96 Å². The molecule has 38 valence electrons. The highest BCUT2D eigenvalue weighted by atomic mass is 35.5. The van der Waals surface area contributed by atoms with Gasteiger partial charge in [-0.15, -0.1) is 0 Å². The predicted molar refractivity (Wildman–Crippen MR) is 26.1 cm³/mol. The van der Waals surface area contributed by atoms with Crippen LogP contribution in [-0.4, -0.2) is 5.96 Å². The number of nitrogens with one attached hydrogen (secondary N) is 1. The van der Waals surface area contributed by atoms with Crippen LogP contribution >= 0.6 is 11.8 Å². The molecule has 5 heteroatoms. The maximum atomic E-state index is 6.06. The molecule has 0 aromatic rings. The maximum absolute atomic E-state index is 6.06. The maximum Gasteiger partial charge on any atom is 0.183 e. The van der Waals surface area contributed by atoms with Crippen LogP contribution in [0, 0.1) is 5.41 Å². The molecule has 0 aromatic carbocycles. The van der Waals surface area contributed by atoms with E-state index in [0.717, 1.165) is 0 Å². The van der Waals surface area contributed by atoms with E-state index in [2.05, 4.69) is 28.5 Å². The van der Waals surface area contributed by atoms with E-state index < -0.39 is 0 Å². The van der Waals surface area contributed by atoms with Gasteiger partial charge < -0.3 is 11.5 Å². The Morgan fingerprint density at radius 2 is 1.33 bits per heavy atom. The highest BCUT2D eigenvalue weighted by molar-refractivity contribution is 6.11. The number of nitrogens with two attached hydrogens (primary N) is 3. The molecule has 0 aliphatic carbocycles. The first-order chi connectivity index (χ1) is 2.73. The molecule has 0 aromatic heterocycles. The lowest BCUT2D eigenvalue weighted by molar-refractivity contribution is 1.39. The fourth-order valence-corrected chi connectivity index (χ4v) is 0. The van der Waals surface area contributed by atoms with Crippen molar-refractivity contribution in [3.05, 3.63) is 0 Å². The molecule has 0 unspecified atom stereocenters. The van der Waals surface area contributed by atoms with Crippen LogP contribution in [0.5, 0.6) is 0 Å². The molecule has 7 N–H and O–H groups in total. The molecular weight excluding hydrogens is 103 g/mol. The first-order valence-corrected chi connectivity index (χ1v) is 1.48. The summed E-state index contributed by atoms with van der Waals surface area (Å²) in [5.41, 5.74) is 8.94. The van der Waals surface area contributed by atoms with Crippen LogP contribution in [-0.2, 0) is 0 Å². The topological polar surface area (TPSA) is 102 Å². The molecule has 4 nitrogen and oxygen atoms in total. The van der Waals surface area contributed by atoms with Crippen molar-refractivity contribution in [1.29, 1.82) is 5.41 Å². The van der Waals surface area contributed by atoms with Crippen molar-refractivity contribution in [1.82, 2.24) is 0 Å². The molecule has 0 atom stereocenters. The minimum atomic E-state index is -0.333. The summed E-state index contributed by atoms with van der Waals surface area (Å²) in [6.45, 7) is 0. The van der Waals surface area contributed by atoms with E-state index in [1.54, 1.807) is 0 Å². The first-order valence-electron chi connectivity index (χ1n) is 1.05. The lowest BCUT2D eigenvalue weighted by Gasteiger charge is -1.69. The van der Waals surface area contributed by atoms with Gasteiger partial charge in [-0.3, -0.25) is 5.41 Å². The molecule has 0 rings (SSSR count). The van der Waals surface area contributed by atoms with Crippen molar-refractivity contribution in [2.75, 3.05) is 0 Å². The van der Waals surface area contributed by atoms with Gasteiger partial charge in [0.1, 0.15) is 0 Å². The zero-order valence-electron chi connectivity index (χ0n) is 3.11. The van der Waals surface area contributed by atoms with Crippen molar-refractivity contribution >= 4 is 17.7 Å². The standard InChI is InChI=1S/CH5N3.ClH2N/c2-1(3)4;1-2/h(H5,2,3,4);2H2. The third kappa shape index (κ3) is 97.0. The minimum absolute atomic E-state index is 0.333. The summed E-state index contributed by atoms with van der Waals surface area (Å²) < 4.78 is 0. The Kier molecular flexibility index (Phi) is 13.4. The van der Waals surface area contributed by atoms with Gasteiger partial charge in [0.05, 0.1) is 0 Å². The summed E-state index contributed by atoms with van der Waals surface area (Å²) in [4.78, 5) is 0. The Morgan fingerprint density at radius 1 is 1.33 bits per heavy atom. The van der Waals surface area contributed by atoms with E-state index in [4.69, 9.17) is 5.41 Å². The molecule has 0 amide bonds. The zero-order chi connectivity index (χ0) is 5.58. The summed E-state index contributed by atoms with van der Waals surface area (Å²) in [6.07, 6.45) is 0. The fourth-order valence-electron chi connectivity index (χ4n) is 0. The molecule has 0 saturated carbocycles. The van der Waals surface area contributed by atoms with Gasteiger partial charge in [0.15, 0.2) is 5.96 Å². The van der Waals surface area contributed by atoms with Crippen molar-refractivity contribution in [3.63, 3.8) is 0 Å². The Labute approximate surface area is 40.9 Å². The monoisotopic (exact) mass is 110 g/mol. The summed E-state index contributed by atoms with van der Waals surface area (Å²) in [7, 11) is 0. The summed E-state index contributed by atoms with van der Waals surface area (Å²) in [6, 6.07) is 0. The van der Waals surface area contributed by atoms with Crippen LogP contribution in [0.25, 0.3) is 0 Å². The molecule has 0 saturated heterocycles. The molecule has 0 heterocycles. The van der Waals surface area contributed by atoms with E-state index in [1.807, 2.05) is 0 Å². The average molecular weight is 111 g/mol. The Morgan fingerprint density at radius 3 is 1.33 bits per heavy atom. The van der Waals surface area contributed by atoms with Crippen LogP contribution in [0.15, 0.2) is 0 Å². The van der Waals surface area contributed by atoms with Crippen LogP contribution in [0.3, 0.4) is 0 Å². The van der Waals surface area contributed by atoms with Gasteiger partial charge in [0.25, 0.3) is 0 Å². The summed E-state index contributed by atoms with van der Waals surface area (Å²) in [5, 5.41) is 10.0. The van der Waals surface area contributed by atoms with Gasteiger partial charge in [-0.1, -0.05) is 0 Å². The zero-order valence-corrected chi connectivity index (χ0v) is 3.87. The van der Waals surface area contributed by atoms with Crippen LogP contribution in [0.2, 0.25) is 0 Å². The molecule has 0 aliphatic heterocycles. The van der Waals surface area contributed by atoms with E-state index in [9.17, 15) is 0 Å². The number of halogens is 1. The molecule has 6 heavy (non-hydrogen) atoms. The second-order valence-electron chi connectivity index (χ2n) is 0.455. The van der Waals surface area contributed by atoms with Crippen molar-refractivity contribution < 1.29 is 0 Å². The Hall–Kier alpha value is -0.480. The van der Waals surface area contributed by atoms with E-state index in [1.165, 1.54) is 0 Å². The lowest BCUT2D eigenvalue weighted by Crippen LogP contribution is -2.20. The second-order valence-corrected chi connectivity index (χ2v) is 0.455. The molecular formula is CH7ClN4. The van der Waals surface area contributed by atoms with Crippen LogP contribution in [0.4, 0.5) is 0 Å². The third-order valence-electron chi connectivity index (χ3n) is 0. The molecule has 0 radical (unpaired) electrons. The smallest absolute Gasteiger partial charge is 0.183 e. The lowest BCUT2D eigenvalue weighted by atomic mass is 11.1. The van der Waals surface area contributed by atoms with Crippen molar-refractivity contribution in [2.45, 2.75) is 0 Å². The molecule has 0 spiro atoms. The number of hydrogen-bond donors (Lipinski definition) is 4. The summed E-state index contributed by atoms with van der Waals surface area (Å²) >= 11 is 4.14. The number of hydrogen-bond acceptors (Lipinski definition) is 2. The normalized spacial score (nSPS) is 5.00. The highest BCUT2D eigenvalue weighted by Gasteiger charge is 1.52. The average Bonchev–Trinajstić information content (AvgIpc) is 1.41. The van der Waals surface area contributed by atoms with Gasteiger partial charge in [-0.05, 0) is 11.8 Å². The highest BCUT2D eigenvalue weighted by Crippen LogP contribution is 1.15. The van der Waals surface area contributed by atoms with E-state index >= 15 is 0 Å². The Balaban J connectivity index is 0. The van der Waals surface area contributed by atoms with Gasteiger partial charge in [-0.2, -0.15) is 0 Å². The van der Waals surface area contributed by atoms with Gasteiger partial charge in [0, 0.05) is 0 Å². The summed E-state index contributed by atoms with van der Waals surface area (Å²) in [5.74, 6) is -0.333. The SMILES string of the molecule is N=C(N)N.NCl. The van der Waals surface area contributed by atoms with Crippen molar-refractivity contribution in [2.24, 2.45) is 16.7 Å². The molecule has 0 fully saturated rings. The van der Waals surface area contributed by atoms with Gasteiger partial charge in [-0.25, -0.2) is 5.25 Å². The van der Waals surface area contributed by atoms with Crippen LogP contribution in [0.1, 0.15) is 0 Å². The first kappa shape index (κ1) is 9.10. The molecule has 0 bridgehead atoms. The van der Waals surface area contributed by atoms with E-state index in [0.29, 0.717) is 0 Å². The third-order valence-corrected chi connectivity index (χ3v) is 0. The molecule has 0 aliphatic rings. The quantitative estimate of drug-likeness (QED) is 0.182. The van der Waals surface area contributed by atoms with Gasteiger partial charge >= 0.3 is 0 Å². The number of rotatable bonds is 0. The predicted octanol–water partition coefficient (Wildman–Crippen LogP) is -1.06. The van der Waals surface area contributed by atoms with Crippen molar-refractivity contribution in [3.8, 4) is 0 Å². The minimum Gasteiger partial charge on any atom is -0.370 e. The van der Waals surface area contributed by atoms with Gasteiger partial charge in [0.2, 0.25) is 0 Å². The second kappa shape index (κ2) is 8.82. The Bertz CT molecular complexity index is 30.5.